The second-order valence-electron chi connectivity index (χ2n) is 5.20. The van der Waals surface area contributed by atoms with Crippen molar-refractivity contribution in [3.8, 4) is 23.3 Å². The van der Waals surface area contributed by atoms with Gasteiger partial charge in [-0.25, -0.2) is 4.79 Å². The minimum absolute atomic E-state index is 0.232. The number of ether oxygens (including phenoxy) is 3. The Morgan fingerprint density at radius 2 is 1.78 bits per heavy atom. The summed E-state index contributed by atoms with van der Waals surface area (Å²) in [5.41, 5.74) is 1.14. The third kappa shape index (κ3) is 5.01. The number of nitriles is 1. The number of carbonyl (C=O) groups is 1. The molecule has 140 valence electrons. The van der Waals surface area contributed by atoms with E-state index in [0.717, 1.165) is 0 Å². The number of alkyl halides is 3. The van der Waals surface area contributed by atoms with Crippen LogP contribution >= 0.6 is 0 Å². The van der Waals surface area contributed by atoms with Crippen molar-refractivity contribution in [1.82, 2.24) is 0 Å². The van der Waals surface area contributed by atoms with Crippen molar-refractivity contribution in [2.75, 3.05) is 14.2 Å². The van der Waals surface area contributed by atoms with E-state index in [1.807, 2.05) is 6.07 Å². The number of rotatable bonds is 5. The third-order valence-corrected chi connectivity index (χ3v) is 3.43. The van der Waals surface area contributed by atoms with Gasteiger partial charge >= 0.3 is 12.1 Å². The molecule has 5 nitrogen and oxygen atoms in total. The number of esters is 1. The van der Waals surface area contributed by atoms with Gasteiger partial charge < -0.3 is 14.2 Å². The maximum atomic E-state index is 12.3. The van der Waals surface area contributed by atoms with Gasteiger partial charge in [-0.1, -0.05) is 12.1 Å². The number of methoxy groups -OCH3 is 2. The van der Waals surface area contributed by atoms with Crippen molar-refractivity contribution in [2.45, 2.75) is 6.18 Å². The lowest BCUT2D eigenvalue weighted by atomic mass is 10.0. The molecule has 0 atom stereocenters. The second kappa shape index (κ2) is 8.27. The smallest absolute Gasteiger partial charge is 0.491 e. The SMILES string of the molecule is COc1ccc(/C(C#N)=C\c2cccc(OC(=O)C(F)(F)F)c2)cc1OC. The van der Waals surface area contributed by atoms with Crippen molar-refractivity contribution in [1.29, 1.82) is 5.26 Å². The highest BCUT2D eigenvalue weighted by Gasteiger charge is 2.41. The molecule has 0 spiro atoms. The van der Waals surface area contributed by atoms with Crippen LogP contribution in [0.4, 0.5) is 13.2 Å². The van der Waals surface area contributed by atoms with E-state index in [9.17, 15) is 23.2 Å². The Hall–Kier alpha value is -3.47. The standard InChI is InChI=1S/C19H14F3NO4/c1-25-16-7-6-13(10-17(16)26-2)14(11-23)8-12-4-3-5-15(9-12)27-18(24)19(20,21)22/h3-10H,1-2H3/b14-8-. The van der Waals surface area contributed by atoms with Gasteiger partial charge in [-0.3, -0.25) is 0 Å². The molecule has 2 aromatic carbocycles. The minimum Gasteiger partial charge on any atom is -0.493 e. The molecule has 0 aliphatic carbocycles. The van der Waals surface area contributed by atoms with Gasteiger partial charge in [-0.2, -0.15) is 18.4 Å². The molecule has 0 radical (unpaired) electrons. The van der Waals surface area contributed by atoms with E-state index in [0.29, 0.717) is 22.6 Å². The van der Waals surface area contributed by atoms with Crippen LogP contribution in [0.25, 0.3) is 11.6 Å². The molecular weight excluding hydrogens is 363 g/mol. The Bertz CT molecular complexity index is 914. The lowest BCUT2D eigenvalue weighted by Gasteiger charge is -2.09. The van der Waals surface area contributed by atoms with E-state index < -0.39 is 12.1 Å². The topological polar surface area (TPSA) is 68.5 Å². The van der Waals surface area contributed by atoms with Crippen LogP contribution in [0.2, 0.25) is 0 Å². The van der Waals surface area contributed by atoms with Crippen LogP contribution in [0.15, 0.2) is 42.5 Å². The van der Waals surface area contributed by atoms with Gasteiger partial charge in [0.2, 0.25) is 0 Å². The first-order valence-electron chi connectivity index (χ1n) is 7.51. The predicted octanol–water partition coefficient (Wildman–Crippen LogP) is 4.24. The zero-order chi connectivity index (χ0) is 20.0. The summed E-state index contributed by atoms with van der Waals surface area (Å²) in [6.45, 7) is 0. The zero-order valence-electron chi connectivity index (χ0n) is 14.3. The highest BCUT2D eigenvalue weighted by Crippen LogP contribution is 2.31. The maximum Gasteiger partial charge on any atom is 0.491 e. The Kier molecular flexibility index (Phi) is 6.08. The average Bonchev–Trinajstić information content (AvgIpc) is 2.65. The molecular formula is C19H14F3NO4. The van der Waals surface area contributed by atoms with Crippen LogP contribution in [0.1, 0.15) is 11.1 Å². The van der Waals surface area contributed by atoms with Crippen molar-refractivity contribution < 1.29 is 32.2 Å². The first-order valence-corrected chi connectivity index (χ1v) is 7.51. The molecule has 0 saturated carbocycles. The molecule has 0 amide bonds. The van der Waals surface area contributed by atoms with E-state index in [1.54, 1.807) is 24.3 Å². The number of benzene rings is 2. The number of halogens is 3. The van der Waals surface area contributed by atoms with E-state index in [2.05, 4.69) is 4.74 Å². The van der Waals surface area contributed by atoms with E-state index >= 15 is 0 Å². The second-order valence-corrected chi connectivity index (χ2v) is 5.20. The van der Waals surface area contributed by atoms with Gasteiger partial charge in [0.25, 0.3) is 0 Å². The fourth-order valence-electron chi connectivity index (χ4n) is 2.18. The molecule has 0 fully saturated rings. The van der Waals surface area contributed by atoms with Gasteiger partial charge in [0.15, 0.2) is 11.5 Å². The molecule has 0 aliphatic heterocycles. The summed E-state index contributed by atoms with van der Waals surface area (Å²) in [4.78, 5) is 10.9. The highest BCUT2D eigenvalue weighted by molar-refractivity contribution is 5.90. The summed E-state index contributed by atoms with van der Waals surface area (Å²) < 4.78 is 51.5. The summed E-state index contributed by atoms with van der Waals surface area (Å²) in [5, 5.41) is 9.43. The van der Waals surface area contributed by atoms with Crippen molar-refractivity contribution in [3.63, 3.8) is 0 Å². The van der Waals surface area contributed by atoms with E-state index in [4.69, 9.17) is 9.47 Å². The molecule has 0 bridgehead atoms. The molecule has 2 rings (SSSR count). The third-order valence-electron chi connectivity index (χ3n) is 3.43. The number of carbonyl (C=O) groups excluding carboxylic acids is 1. The van der Waals surface area contributed by atoms with Crippen LogP contribution in [0.5, 0.6) is 17.2 Å². The summed E-state index contributed by atoms with van der Waals surface area (Å²) in [5.74, 6) is -1.69. The van der Waals surface area contributed by atoms with Crippen molar-refractivity contribution in [2.24, 2.45) is 0 Å². The van der Waals surface area contributed by atoms with Crippen LogP contribution in [-0.2, 0) is 4.79 Å². The van der Waals surface area contributed by atoms with Crippen LogP contribution in [0.3, 0.4) is 0 Å². The lowest BCUT2D eigenvalue weighted by Crippen LogP contribution is -2.27. The molecule has 8 heteroatoms. The van der Waals surface area contributed by atoms with Gasteiger partial charge in [0.05, 0.1) is 25.9 Å². The lowest BCUT2D eigenvalue weighted by molar-refractivity contribution is -0.189. The fourth-order valence-corrected chi connectivity index (χ4v) is 2.18. The molecule has 0 heterocycles. The summed E-state index contributed by atoms with van der Waals surface area (Å²) in [6, 6.07) is 12.3. The van der Waals surface area contributed by atoms with Gasteiger partial charge in [0, 0.05) is 0 Å². The van der Waals surface area contributed by atoms with Crippen LogP contribution in [-0.4, -0.2) is 26.4 Å². The number of allylic oxidation sites excluding steroid dienone is 1. The Balaban J connectivity index is 2.35. The predicted molar refractivity (Wildman–Crippen MR) is 91.2 cm³/mol. The highest BCUT2D eigenvalue weighted by atomic mass is 19.4. The molecule has 2 aromatic rings. The van der Waals surface area contributed by atoms with Crippen LogP contribution < -0.4 is 14.2 Å². The average molecular weight is 377 g/mol. The Morgan fingerprint density at radius 1 is 1.07 bits per heavy atom. The first-order chi connectivity index (χ1) is 12.8. The fraction of sp³-hybridized carbons (Fsp3) is 0.158. The van der Waals surface area contributed by atoms with Crippen molar-refractivity contribution >= 4 is 17.6 Å². The number of nitrogens with zero attached hydrogens (tertiary/aromatic N) is 1. The van der Waals surface area contributed by atoms with Gasteiger partial charge in [0.1, 0.15) is 5.75 Å². The van der Waals surface area contributed by atoms with Crippen molar-refractivity contribution in [3.05, 3.63) is 53.6 Å². The Labute approximate surface area is 153 Å². The largest absolute Gasteiger partial charge is 0.493 e. The molecule has 0 aliphatic rings. The quantitative estimate of drug-likeness (QED) is 0.337. The number of hydrogen-bond donors (Lipinski definition) is 0. The minimum atomic E-state index is -5.09. The number of hydrogen-bond acceptors (Lipinski definition) is 5. The van der Waals surface area contributed by atoms with E-state index in [1.165, 1.54) is 38.5 Å². The molecule has 27 heavy (non-hydrogen) atoms. The Morgan fingerprint density at radius 3 is 2.37 bits per heavy atom. The molecule has 0 unspecified atom stereocenters. The zero-order valence-corrected chi connectivity index (χ0v) is 14.3. The molecule has 0 aromatic heterocycles. The van der Waals surface area contributed by atoms with E-state index in [-0.39, 0.29) is 11.3 Å². The normalized spacial score (nSPS) is 11.5. The summed E-state index contributed by atoms with van der Waals surface area (Å²) in [7, 11) is 2.93. The van der Waals surface area contributed by atoms with Crippen LogP contribution in [0, 0.1) is 11.3 Å². The monoisotopic (exact) mass is 377 g/mol. The molecule has 0 saturated heterocycles. The summed E-state index contributed by atoms with van der Waals surface area (Å²) in [6.07, 6.45) is -3.64. The summed E-state index contributed by atoms with van der Waals surface area (Å²) >= 11 is 0. The molecule has 0 N–H and O–H groups in total. The van der Waals surface area contributed by atoms with Gasteiger partial charge in [-0.05, 0) is 47.5 Å². The maximum absolute atomic E-state index is 12.3. The first kappa shape index (κ1) is 19.8. The van der Waals surface area contributed by atoms with Gasteiger partial charge in [-0.15, -0.1) is 0 Å².